The summed E-state index contributed by atoms with van der Waals surface area (Å²) in [6.45, 7) is 3.40. The Hall–Kier alpha value is -3.66. The van der Waals surface area contributed by atoms with Gasteiger partial charge >= 0.3 is 0 Å². The van der Waals surface area contributed by atoms with Crippen LogP contribution >= 0.6 is 0 Å². The van der Waals surface area contributed by atoms with Crippen LogP contribution in [0.1, 0.15) is 61.6 Å². The number of allylic oxidation sites excluding steroid dienone is 1. The molecule has 2 fully saturated rings. The number of aromatic nitrogens is 2. The highest BCUT2D eigenvalue weighted by atomic mass is 16.3. The molecule has 1 aromatic carbocycles. The molecule has 10 nitrogen and oxygen atoms in total. The SMILES string of the molecule is CN=C(/C(C)=C\N)c1ccc(NC(=O)C(NC(=O)c2ccnn2C(C)CO)C(C2CC2)C2CC2)cc1O. The number of aliphatic hydroxyl groups is 1. The third kappa shape index (κ3) is 5.85. The van der Waals surface area contributed by atoms with Gasteiger partial charge in [0.2, 0.25) is 5.91 Å². The number of carbonyl (C=O) groups is 2. The lowest BCUT2D eigenvalue weighted by atomic mass is 9.88. The Morgan fingerprint density at radius 1 is 1.24 bits per heavy atom. The van der Waals surface area contributed by atoms with Crippen molar-refractivity contribution in [1.82, 2.24) is 15.1 Å². The van der Waals surface area contributed by atoms with Gasteiger partial charge in [-0.3, -0.25) is 19.3 Å². The first-order chi connectivity index (χ1) is 17.8. The van der Waals surface area contributed by atoms with Crippen LogP contribution in [0.5, 0.6) is 5.75 Å². The molecule has 0 radical (unpaired) electrons. The molecule has 0 aliphatic heterocycles. The van der Waals surface area contributed by atoms with Gasteiger partial charge in [0.1, 0.15) is 17.5 Å². The van der Waals surface area contributed by atoms with Gasteiger partial charge in [-0.2, -0.15) is 5.10 Å². The van der Waals surface area contributed by atoms with Gasteiger partial charge in [0, 0.05) is 30.6 Å². The van der Waals surface area contributed by atoms with E-state index in [0.29, 0.717) is 40.1 Å². The fraction of sp³-hybridized carbons (Fsp3) is 0.481. The minimum Gasteiger partial charge on any atom is -0.507 e. The Bertz CT molecular complexity index is 1200. The van der Waals surface area contributed by atoms with Crippen molar-refractivity contribution in [2.45, 2.75) is 51.6 Å². The molecule has 10 heteroatoms. The number of phenolic OH excluding ortho intramolecular Hbond substituents is 1. The summed E-state index contributed by atoms with van der Waals surface area (Å²) in [5.41, 5.74) is 8.11. The molecule has 2 unspecified atom stereocenters. The number of anilines is 1. The summed E-state index contributed by atoms with van der Waals surface area (Å²) in [7, 11) is 1.62. The highest BCUT2D eigenvalue weighted by Gasteiger charge is 2.48. The highest BCUT2D eigenvalue weighted by Crippen LogP contribution is 2.51. The van der Waals surface area contributed by atoms with Crippen LogP contribution in [0, 0.1) is 17.8 Å². The van der Waals surface area contributed by atoms with Crippen LogP contribution in [-0.2, 0) is 4.79 Å². The molecule has 2 atom stereocenters. The molecule has 2 aromatic rings. The lowest BCUT2D eigenvalue weighted by molar-refractivity contribution is -0.119. The molecule has 2 amide bonds. The normalized spacial score (nSPS) is 18.0. The first kappa shape index (κ1) is 26.4. The van der Waals surface area contributed by atoms with Crippen molar-refractivity contribution in [1.29, 1.82) is 0 Å². The minimum atomic E-state index is -0.739. The Kier molecular flexibility index (Phi) is 7.97. The number of hydrogen-bond acceptors (Lipinski definition) is 7. The molecule has 2 saturated carbocycles. The van der Waals surface area contributed by atoms with E-state index in [4.69, 9.17) is 5.73 Å². The van der Waals surface area contributed by atoms with Gasteiger partial charge in [-0.05, 0) is 87.3 Å². The lowest BCUT2D eigenvalue weighted by Crippen LogP contribution is -2.50. The number of nitrogens with zero attached hydrogens (tertiary/aromatic N) is 3. The van der Waals surface area contributed by atoms with Gasteiger partial charge in [-0.1, -0.05) is 0 Å². The van der Waals surface area contributed by atoms with Crippen molar-refractivity contribution in [3.63, 3.8) is 0 Å². The Morgan fingerprint density at radius 2 is 1.92 bits per heavy atom. The van der Waals surface area contributed by atoms with Crippen LogP contribution in [-0.4, -0.2) is 57.2 Å². The Balaban J connectivity index is 1.57. The molecule has 1 heterocycles. The number of aromatic hydroxyl groups is 1. The first-order valence-electron chi connectivity index (χ1n) is 12.7. The summed E-state index contributed by atoms with van der Waals surface area (Å²) in [4.78, 5) is 31.1. The molecule has 2 aliphatic carbocycles. The number of hydrogen-bond donors (Lipinski definition) is 5. The van der Waals surface area contributed by atoms with Crippen LogP contribution in [0.3, 0.4) is 0 Å². The van der Waals surface area contributed by atoms with Crippen molar-refractivity contribution in [2.24, 2.45) is 28.5 Å². The van der Waals surface area contributed by atoms with Crippen LogP contribution in [0.25, 0.3) is 0 Å². The van der Waals surface area contributed by atoms with Crippen LogP contribution < -0.4 is 16.4 Å². The molecule has 2 aliphatic rings. The standard InChI is InChI=1S/C27H36N6O4/c1-15(13-28)24(29-3)20-9-8-19(12-22(20)35)31-27(37)25(23(17-4-5-17)18-6-7-18)32-26(36)21-10-11-30-33(21)16(2)14-34/h8-13,16-18,23,25,34-35H,4-7,14,28H2,1-3H3,(H,31,37)(H,32,36)/b15-13-,29-24?. The van der Waals surface area contributed by atoms with E-state index < -0.39 is 11.9 Å². The van der Waals surface area contributed by atoms with Gasteiger partial charge < -0.3 is 26.6 Å². The molecule has 0 spiro atoms. The molecule has 198 valence electrons. The average Bonchev–Trinajstić information content (AvgIpc) is 3.83. The molecular formula is C27H36N6O4. The second-order valence-electron chi connectivity index (χ2n) is 10.0. The molecular weight excluding hydrogens is 472 g/mol. The van der Waals surface area contributed by atoms with E-state index in [1.165, 1.54) is 23.1 Å². The number of amides is 2. The number of nitrogens with two attached hydrogens (primary N) is 1. The summed E-state index contributed by atoms with van der Waals surface area (Å²) < 4.78 is 1.47. The zero-order valence-electron chi connectivity index (χ0n) is 21.5. The number of phenols is 1. The van der Waals surface area contributed by atoms with Crippen molar-refractivity contribution < 1.29 is 19.8 Å². The summed E-state index contributed by atoms with van der Waals surface area (Å²) in [5, 5.41) is 30.3. The zero-order chi connectivity index (χ0) is 26.7. The highest BCUT2D eigenvalue weighted by molar-refractivity contribution is 6.14. The Morgan fingerprint density at radius 3 is 2.46 bits per heavy atom. The number of aliphatic imine (C=N–C) groups is 1. The molecule has 37 heavy (non-hydrogen) atoms. The third-order valence-electron chi connectivity index (χ3n) is 7.24. The van der Waals surface area contributed by atoms with Crippen molar-refractivity contribution in [3.8, 4) is 5.75 Å². The van der Waals surface area contributed by atoms with Crippen molar-refractivity contribution in [3.05, 3.63) is 53.5 Å². The monoisotopic (exact) mass is 508 g/mol. The summed E-state index contributed by atoms with van der Waals surface area (Å²) in [6.07, 6.45) is 7.11. The van der Waals surface area contributed by atoms with Gasteiger partial charge in [0.25, 0.3) is 5.91 Å². The minimum absolute atomic E-state index is 0.0389. The van der Waals surface area contributed by atoms with E-state index in [0.717, 1.165) is 25.7 Å². The molecule has 0 bridgehead atoms. The predicted molar refractivity (Wildman–Crippen MR) is 141 cm³/mol. The number of carbonyl (C=O) groups excluding carboxylic acids is 2. The number of benzene rings is 1. The van der Waals surface area contributed by atoms with E-state index in [9.17, 15) is 19.8 Å². The summed E-state index contributed by atoms with van der Waals surface area (Å²) in [6, 6.07) is 5.33. The van der Waals surface area contributed by atoms with Crippen LogP contribution in [0.2, 0.25) is 0 Å². The number of rotatable bonds is 11. The Labute approximate surface area is 216 Å². The average molecular weight is 509 g/mol. The smallest absolute Gasteiger partial charge is 0.270 e. The quantitative estimate of drug-likeness (QED) is 0.294. The van der Waals surface area contributed by atoms with E-state index in [1.54, 1.807) is 39.1 Å². The zero-order valence-corrected chi connectivity index (χ0v) is 21.5. The summed E-state index contributed by atoms with van der Waals surface area (Å²) >= 11 is 0. The maximum absolute atomic E-state index is 13.6. The van der Waals surface area contributed by atoms with Crippen LogP contribution in [0.15, 0.2) is 47.2 Å². The number of nitrogens with one attached hydrogen (secondary N) is 2. The number of aliphatic hydroxyl groups excluding tert-OH is 1. The first-order valence-corrected chi connectivity index (χ1v) is 12.7. The lowest BCUT2D eigenvalue weighted by Gasteiger charge is -2.28. The van der Waals surface area contributed by atoms with E-state index in [-0.39, 0.29) is 30.2 Å². The fourth-order valence-corrected chi connectivity index (χ4v) is 4.98. The van der Waals surface area contributed by atoms with E-state index in [1.807, 2.05) is 0 Å². The van der Waals surface area contributed by atoms with E-state index >= 15 is 0 Å². The van der Waals surface area contributed by atoms with Crippen LogP contribution in [0.4, 0.5) is 5.69 Å². The second kappa shape index (κ2) is 11.2. The molecule has 6 N–H and O–H groups in total. The van der Waals surface area contributed by atoms with Gasteiger partial charge in [0.15, 0.2) is 0 Å². The molecule has 1 aromatic heterocycles. The van der Waals surface area contributed by atoms with Gasteiger partial charge in [0.05, 0.1) is 18.4 Å². The van der Waals surface area contributed by atoms with Crippen molar-refractivity contribution in [2.75, 3.05) is 19.0 Å². The fourth-order valence-electron chi connectivity index (χ4n) is 4.98. The second-order valence-corrected chi connectivity index (χ2v) is 10.0. The topological polar surface area (TPSA) is 155 Å². The van der Waals surface area contributed by atoms with Gasteiger partial charge in [-0.15, -0.1) is 0 Å². The van der Waals surface area contributed by atoms with Crippen molar-refractivity contribution >= 4 is 23.2 Å². The van der Waals surface area contributed by atoms with E-state index in [2.05, 4.69) is 20.7 Å². The molecule has 4 rings (SSSR count). The summed E-state index contributed by atoms with van der Waals surface area (Å²) in [5.74, 6) is 0.0656. The van der Waals surface area contributed by atoms with Gasteiger partial charge in [-0.25, -0.2) is 0 Å². The maximum Gasteiger partial charge on any atom is 0.270 e. The largest absolute Gasteiger partial charge is 0.507 e. The molecule has 0 saturated heterocycles. The third-order valence-corrected chi connectivity index (χ3v) is 7.24. The predicted octanol–water partition coefficient (Wildman–Crippen LogP) is 2.60. The maximum atomic E-state index is 13.6.